The summed E-state index contributed by atoms with van der Waals surface area (Å²) in [6, 6.07) is 15.9. The average Bonchev–Trinajstić information content (AvgIpc) is 2.42. The first-order valence-electron chi connectivity index (χ1n) is 7.48. The van der Waals surface area contributed by atoms with Crippen LogP contribution in [-0.4, -0.2) is 6.04 Å². The van der Waals surface area contributed by atoms with E-state index in [1.54, 1.807) is 0 Å². The molecule has 0 heterocycles. The van der Waals surface area contributed by atoms with Gasteiger partial charge in [-0.2, -0.15) is 0 Å². The number of nitrogens with one attached hydrogen (secondary N) is 1. The summed E-state index contributed by atoms with van der Waals surface area (Å²) in [5.74, 6) is 1.67. The molecule has 1 aliphatic rings. The Morgan fingerprint density at radius 3 is 2.53 bits per heavy atom. The van der Waals surface area contributed by atoms with E-state index in [1.165, 1.54) is 35.7 Å². The minimum atomic E-state index is 0.636. The van der Waals surface area contributed by atoms with Crippen LogP contribution in [0.1, 0.15) is 33.1 Å². The van der Waals surface area contributed by atoms with E-state index in [1.807, 2.05) is 0 Å². The molecule has 2 aromatic carbocycles. The van der Waals surface area contributed by atoms with Gasteiger partial charge >= 0.3 is 0 Å². The second-order valence-electron chi connectivity index (χ2n) is 6.21. The first-order valence-corrected chi connectivity index (χ1v) is 7.48. The summed E-state index contributed by atoms with van der Waals surface area (Å²) in [5.41, 5.74) is 1.27. The van der Waals surface area contributed by atoms with Crippen molar-refractivity contribution in [2.24, 2.45) is 11.8 Å². The van der Waals surface area contributed by atoms with Crippen molar-refractivity contribution in [3.05, 3.63) is 42.5 Å². The molecule has 0 spiro atoms. The third-order valence-electron chi connectivity index (χ3n) is 4.53. The summed E-state index contributed by atoms with van der Waals surface area (Å²) in [6.07, 6.45) is 4.01. The van der Waals surface area contributed by atoms with Crippen LogP contribution in [0.25, 0.3) is 10.8 Å². The second kappa shape index (κ2) is 5.24. The predicted octanol–water partition coefficient (Wildman–Crippen LogP) is 5.08. The van der Waals surface area contributed by atoms with Crippen molar-refractivity contribution >= 4 is 16.5 Å². The highest BCUT2D eigenvalue weighted by molar-refractivity contribution is 5.85. The number of fused-ring (bicyclic) bond motifs is 1. The molecule has 3 rings (SSSR count). The van der Waals surface area contributed by atoms with E-state index in [0.29, 0.717) is 6.04 Å². The highest BCUT2D eigenvalue weighted by atomic mass is 14.9. The Bertz CT molecular complexity index is 560. The normalized spacial score (nSPS) is 27.4. The van der Waals surface area contributed by atoms with Crippen molar-refractivity contribution in [2.45, 2.75) is 39.2 Å². The van der Waals surface area contributed by atoms with E-state index in [0.717, 1.165) is 11.8 Å². The van der Waals surface area contributed by atoms with Crippen molar-refractivity contribution < 1.29 is 0 Å². The highest BCUT2D eigenvalue weighted by Crippen LogP contribution is 2.31. The van der Waals surface area contributed by atoms with Gasteiger partial charge in [-0.15, -0.1) is 0 Å². The molecular weight excluding hydrogens is 230 g/mol. The van der Waals surface area contributed by atoms with Crippen LogP contribution >= 0.6 is 0 Å². The number of hydrogen-bond acceptors (Lipinski definition) is 1. The smallest absolute Gasteiger partial charge is 0.0348 e. The van der Waals surface area contributed by atoms with Crippen LogP contribution in [-0.2, 0) is 0 Å². The summed E-state index contributed by atoms with van der Waals surface area (Å²) in [6.45, 7) is 4.76. The van der Waals surface area contributed by atoms with Crippen molar-refractivity contribution in [1.29, 1.82) is 0 Å². The quantitative estimate of drug-likeness (QED) is 0.787. The van der Waals surface area contributed by atoms with Crippen LogP contribution in [0.4, 0.5) is 5.69 Å². The molecule has 1 heteroatoms. The molecule has 1 N–H and O–H groups in total. The maximum atomic E-state index is 3.74. The van der Waals surface area contributed by atoms with E-state index >= 15 is 0 Å². The molecule has 0 aliphatic heterocycles. The van der Waals surface area contributed by atoms with Gasteiger partial charge in [-0.3, -0.25) is 0 Å². The summed E-state index contributed by atoms with van der Waals surface area (Å²) in [7, 11) is 0. The molecular formula is C18H23N. The third kappa shape index (κ3) is 2.75. The van der Waals surface area contributed by atoms with Gasteiger partial charge in [-0.05, 0) is 54.0 Å². The number of rotatable bonds is 2. The molecule has 100 valence electrons. The van der Waals surface area contributed by atoms with Gasteiger partial charge in [0.25, 0.3) is 0 Å². The summed E-state index contributed by atoms with van der Waals surface area (Å²) in [4.78, 5) is 0. The van der Waals surface area contributed by atoms with Gasteiger partial charge in [0.2, 0.25) is 0 Å². The minimum Gasteiger partial charge on any atom is -0.382 e. The SMILES string of the molecule is CC1CCC(Nc2ccc3ccccc3c2)C(C)C1. The molecule has 3 atom stereocenters. The predicted molar refractivity (Wildman–Crippen MR) is 83.5 cm³/mol. The van der Waals surface area contributed by atoms with Crippen LogP contribution in [0.3, 0.4) is 0 Å². The van der Waals surface area contributed by atoms with Gasteiger partial charge in [-0.1, -0.05) is 44.2 Å². The Morgan fingerprint density at radius 1 is 0.947 bits per heavy atom. The van der Waals surface area contributed by atoms with Gasteiger partial charge in [-0.25, -0.2) is 0 Å². The van der Waals surface area contributed by atoms with E-state index in [2.05, 4.69) is 61.6 Å². The zero-order valence-electron chi connectivity index (χ0n) is 11.9. The molecule has 1 aliphatic carbocycles. The Kier molecular flexibility index (Phi) is 3.46. The molecule has 3 unspecified atom stereocenters. The van der Waals surface area contributed by atoms with Crippen LogP contribution in [0.15, 0.2) is 42.5 Å². The van der Waals surface area contributed by atoms with Crippen molar-refractivity contribution in [3.8, 4) is 0 Å². The largest absolute Gasteiger partial charge is 0.382 e. The summed E-state index contributed by atoms with van der Waals surface area (Å²) < 4.78 is 0. The molecule has 2 aromatic rings. The standard InChI is InChI=1S/C18H23N/c1-13-7-10-18(14(2)11-13)19-17-9-8-15-5-3-4-6-16(15)12-17/h3-6,8-9,12-14,18-19H,7,10-11H2,1-2H3. The van der Waals surface area contributed by atoms with Gasteiger partial charge in [0.05, 0.1) is 0 Å². The highest BCUT2D eigenvalue weighted by Gasteiger charge is 2.24. The molecule has 1 nitrogen and oxygen atoms in total. The molecule has 0 radical (unpaired) electrons. The molecule has 1 fully saturated rings. The zero-order chi connectivity index (χ0) is 13.2. The fourth-order valence-corrected chi connectivity index (χ4v) is 3.37. The summed E-state index contributed by atoms with van der Waals surface area (Å²) in [5, 5.41) is 6.38. The van der Waals surface area contributed by atoms with Gasteiger partial charge in [0.1, 0.15) is 0 Å². The summed E-state index contributed by atoms with van der Waals surface area (Å²) >= 11 is 0. The zero-order valence-corrected chi connectivity index (χ0v) is 11.9. The Balaban J connectivity index is 1.77. The van der Waals surface area contributed by atoms with Crippen LogP contribution < -0.4 is 5.32 Å². The lowest BCUT2D eigenvalue weighted by molar-refractivity contribution is 0.276. The Hall–Kier alpha value is -1.50. The Labute approximate surface area is 116 Å². The van der Waals surface area contributed by atoms with E-state index in [-0.39, 0.29) is 0 Å². The second-order valence-corrected chi connectivity index (χ2v) is 6.21. The lowest BCUT2D eigenvalue weighted by Gasteiger charge is -2.33. The average molecular weight is 253 g/mol. The molecule has 19 heavy (non-hydrogen) atoms. The lowest BCUT2D eigenvalue weighted by Crippen LogP contribution is -2.32. The molecule has 0 bridgehead atoms. The van der Waals surface area contributed by atoms with Crippen molar-refractivity contribution in [1.82, 2.24) is 0 Å². The Morgan fingerprint density at radius 2 is 1.74 bits per heavy atom. The number of benzene rings is 2. The first kappa shape index (κ1) is 12.5. The van der Waals surface area contributed by atoms with Crippen molar-refractivity contribution in [2.75, 3.05) is 5.32 Å². The van der Waals surface area contributed by atoms with Gasteiger partial charge < -0.3 is 5.32 Å². The topological polar surface area (TPSA) is 12.0 Å². The van der Waals surface area contributed by atoms with Crippen molar-refractivity contribution in [3.63, 3.8) is 0 Å². The van der Waals surface area contributed by atoms with Gasteiger partial charge in [0, 0.05) is 11.7 Å². The maximum absolute atomic E-state index is 3.74. The number of hydrogen-bond donors (Lipinski definition) is 1. The molecule has 0 saturated heterocycles. The van der Waals surface area contributed by atoms with Crippen LogP contribution in [0, 0.1) is 11.8 Å². The van der Waals surface area contributed by atoms with Crippen LogP contribution in [0.5, 0.6) is 0 Å². The number of anilines is 1. The first-order chi connectivity index (χ1) is 9.22. The van der Waals surface area contributed by atoms with Gasteiger partial charge in [0.15, 0.2) is 0 Å². The molecule has 1 saturated carbocycles. The molecule has 0 amide bonds. The maximum Gasteiger partial charge on any atom is 0.0348 e. The van der Waals surface area contributed by atoms with E-state index in [9.17, 15) is 0 Å². The monoisotopic (exact) mass is 253 g/mol. The van der Waals surface area contributed by atoms with E-state index in [4.69, 9.17) is 0 Å². The minimum absolute atomic E-state index is 0.636. The fourth-order valence-electron chi connectivity index (χ4n) is 3.37. The lowest BCUT2D eigenvalue weighted by atomic mass is 9.80. The fraction of sp³-hybridized carbons (Fsp3) is 0.444. The van der Waals surface area contributed by atoms with Crippen LogP contribution in [0.2, 0.25) is 0 Å². The molecule has 0 aromatic heterocycles. The van der Waals surface area contributed by atoms with E-state index < -0.39 is 0 Å². The third-order valence-corrected chi connectivity index (χ3v) is 4.53.